The highest BCUT2D eigenvalue weighted by Crippen LogP contribution is 2.03. The van der Waals surface area contributed by atoms with Gasteiger partial charge in [0.25, 0.3) is 0 Å². The molecule has 21 heavy (non-hydrogen) atoms. The van der Waals surface area contributed by atoms with E-state index in [1.807, 2.05) is 30.3 Å². The van der Waals surface area contributed by atoms with E-state index in [1.165, 1.54) is 7.11 Å². The summed E-state index contributed by atoms with van der Waals surface area (Å²) in [7, 11) is -0.255. The molecule has 0 saturated heterocycles. The van der Waals surface area contributed by atoms with Gasteiger partial charge in [-0.15, -0.1) is 0 Å². The first kappa shape index (κ1) is 17.2. The summed E-state index contributed by atoms with van der Waals surface area (Å²) >= 11 is 0. The maximum atomic E-state index is 12.0. The number of rotatable bonds is 8. The van der Waals surface area contributed by atoms with E-state index in [1.54, 1.807) is 0 Å². The Kier molecular flexibility index (Phi) is 7.45. The van der Waals surface area contributed by atoms with Gasteiger partial charge < -0.3 is 25.4 Å². The highest BCUT2D eigenvalue weighted by Gasteiger charge is 2.22. The predicted octanol–water partition coefficient (Wildman–Crippen LogP) is -1.51. The number of benzene rings is 1. The van der Waals surface area contributed by atoms with Crippen molar-refractivity contribution in [2.45, 2.75) is 12.5 Å². The minimum atomic E-state index is -1.64. The molecule has 1 aromatic carbocycles. The van der Waals surface area contributed by atoms with Gasteiger partial charge in [-0.1, -0.05) is 30.3 Å². The summed E-state index contributed by atoms with van der Waals surface area (Å²) in [5, 5.41) is 22.5. The van der Waals surface area contributed by atoms with E-state index >= 15 is 0 Å². The van der Waals surface area contributed by atoms with Crippen molar-refractivity contribution < 1.29 is 24.4 Å². The number of carbonyl (C=O) groups is 2. The molecular formula is C13H19BN2O5. The van der Waals surface area contributed by atoms with Crippen molar-refractivity contribution in [3.8, 4) is 0 Å². The number of ether oxygens (including phenoxy) is 1. The van der Waals surface area contributed by atoms with E-state index in [2.05, 4.69) is 10.6 Å². The van der Waals surface area contributed by atoms with Gasteiger partial charge in [-0.05, 0) is 5.56 Å². The molecule has 0 saturated carbocycles. The molecule has 1 rings (SSSR count). The molecule has 1 aromatic rings. The molecule has 0 fully saturated rings. The Hall–Kier alpha value is -1.90. The van der Waals surface area contributed by atoms with Crippen molar-refractivity contribution in [2.75, 3.05) is 20.2 Å². The Bertz CT molecular complexity index is 455. The Morgan fingerprint density at radius 3 is 2.52 bits per heavy atom. The SMILES string of the molecule is COCC(=O)NC(Cc1ccccc1)C(=O)NCB(O)O. The number of amides is 2. The monoisotopic (exact) mass is 294 g/mol. The van der Waals surface area contributed by atoms with E-state index in [9.17, 15) is 9.59 Å². The van der Waals surface area contributed by atoms with Crippen LogP contribution in [0.4, 0.5) is 0 Å². The van der Waals surface area contributed by atoms with Crippen LogP contribution in [0.15, 0.2) is 30.3 Å². The maximum absolute atomic E-state index is 12.0. The summed E-state index contributed by atoms with van der Waals surface area (Å²) < 4.78 is 4.71. The zero-order valence-corrected chi connectivity index (χ0v) is 11.8. The number of methoxy groups -OCH3 is 1. The zero-order valence-electron chi connectivity index (χ0n) is 11.8. The molecule has 0 heterocycles. The molecule has 114 valence electrons. The van der Waals surface area contributed by atoms with E-state index in [4.69, 9.17) is 14.8 Å². The number of hydrogen-bond donors (Lipinski definition) is 4. The molecule has 8 heteroatoms. The lowest BCUT2D eigenvalue weighted by molar-refractivity contribution is -0.130. The standard InChI is InChI=1S/C13H19BN2O5/c1-21-8-12(17)16-11(13(18)15-9-14(19)20)7-10-5-3-2-4-6-10/h2-6,11,19-20H,7-9H2,1H3,(H,15,18)(H,16,17). The molecule has 0 aliphatic rings. The molecule has 0 aromatic heterocycles. The summed E-state index contributed by atoms with van der Waals surface area (Å²) in [5.74, 6) is -0.908. The second kappa shape index (κ2) is 9.12. The van der Waals surface area contributed by atoms with Crippen LogP contribution in [-0.4, -0.2) is 55.2 Å². The molecule has 0 aliphatic carbocycles. The van der Waals surface area contributed by atoms with Crippen molar-refractivity contribution >= 4 is 18.9 Å². The van der Waals surface area contributed by atoms with Crippen LogP contribution in [0.3, 0.4) is 0 Å². The number of nitrogens with one attached hydrogen (secondary N) is 2. The van der Waals surface area contributed by atoms with Gasteiger partial charge in [0, 0.05) is 13.5 Å². The van der Waals surface area contributed by atoms with Gasteiger partial charge in [0.05, 0.1) is 6.44 Å². The third-order valence-corrected chi connectivity index (χ3v) is 2.67. The molecule has 0 aliphatic heterocycles. The third kappa shape index (κ3) is 6.89. The van der Waals surface area contributed by atoms with E-state index < -0.39 is 25.0 Å². The van der Waals surface area contributed by atoms with Gasteiger partial charge in [0.2, 0.25) is 11.8 Å². The molecule has 0 bridgehead atoms. The van der Waals surface area contributed by atoms with Gasteiger partial charge in [-0.2, -0.15) is 0 Å². The number of hydrogen-bond acceptors (Lipinski definition) is 5. The quantitative estimate of drug-likeness (QED) is 0.436. The average molecular weight is 294 g/mol. The molecular weight excluding hydrogens is 275 g/mol. The first-order chi connectivity index (χ1) is 10.0. The predicted molar refractivity (Wildman–Crippen MR) is 77.2 cm³/mol. The first-order valence-electron chi connectivity index (χ1n) is 6.49. The fourth-order valence-corrected chi connectivity index (χ4v) is 1.74. The van der Waals surface area contributed by atoms with Gasteiger partial charge >= 0.3 is 7.12 Å². The normalized spacial score (nSPS) is 11.6. The van der Waals surface area contributed by atoms with Crippen LogP contribution >= 0.6 is 0 Å². The lowest BCUT2D eigenvalue weighted by atomic mass is 9.92. The third-order valence-electron chi connectivity index (χ3n) is 2.67. The fraction of sp³-hybridized carbons (Fsp3) is 0.385. The molecule has 2 amide bonds. The van der Waals surface area contributed by atoms with Gasteiger partial charge in [0.1, 0.15) is 12.6 Å². The second-order valence-corrected chi connectivity index (χ2v) is 4.47. The van der Waals surface area contributed by atoms with Crippen molar-refractivity contribution in [3.63, 3.8) is 0 Å². The molecule has 4 N–H and O–H groups in total. The van der Waals surface area contributed by atoms with Crippen molar-refractivity contribution in [3.05, 3.63) is 35.9 Å². The van der Waals surface area contributed by atoms with Crippen LogP contribution in [-0.2, 0) is 20.7 Å². The topological polar surface area (TPSA) is 108 Å². The molecule has 0 spiro atoms. The second-order valence-electron chi connectivity index (χ2n) is 4.47. The molecule has 7 nitrogen and oxygen atoms in total. The van der Waals surface area contributed by atoms with Gasteiger partial charge in [0.15, 0.2) is 0 Å². The Labute approximate surface area is 123 Å². The first-order valence-corrected chi connectivity index (χ1v) is 6.49. The molecule has 1 atom stereocenters. The smallest absolute Gasteiger partial charge is 0.426 e. The summed E-state index contributed by atoms with van der Waals surface area (Å²) in [4.78, 5) is 23.6. The lowest BCUT2D eigenvalue weighted by Gasteiger charge is -2.18. The van der Waals surface area contributed by atoms with E-state index in [0.29, 0.717) is 6.42 Å². The van der Waals surface area contributed by atoms with Crippen LogP contribution < -0.4 is 10.6 Å². The van der Waals surface area contributed by atoms with E-state index in [0.717, 1.165) is 5.56 Å². The number of carbonyl (C=O) groups excluding carboxylic acids is 2. The summed E-state index contributed by atoms with van der Waals surface area (Å²) in [6, 6.07) is 8.38. The van der Waals surface area contributed by atoms with Crippen molar-refractivity contribution in [1.82, 2.24) is 10.6 Å². The van der Waals surface area contributed by atoms with Crippen LogP contribution in [0.2, 0.25) is 0 Å². The lowest BCUT2D eigenvalue weighted by Crippen LogP contribution is -2.50. The Morgan fingerprint density at radius 2 is 1.95 bits per heavy atom. The van der Waals surface area contributed by atoms with Crippen molar-refractivity contribution in [2.24, 2.45) is 0 Å². The highest BCUT2D eigenvalue weighted by molar-refractivity contribution is 6.41. The maximum Gasteiger partial charge on any atom is 0.472 e. The van der Waals surface area contributed by atoms with Crippen LogP contribution in [0.25, 0.3) is 0 Å². The summed E-state index contributed by atoms with van der Waals surface area (Å²) in [6.07, 6.45) is -0.00603. The minimum Gasteiger partial charge on any atom is -0.426 e. The summed E-state index contributed by atoms with van der Waals surface area (Å²) in [6.45, 7) is -0.152. The van der Waals surface area contributed by atoms with Crippen LogP contribution in [0, 0.1) is 0 Å². The van der Waals surface area contributed by atoms with Gasteiger partial charge in [-0.3, -0.25) is 9.59 Å². The van der Waals surface area contributed by atoms with Gasteiger partial charge in [-0.25, -0.2) is 0 Å². The Balaban J connectivity index is 2.69. The Morgan fingerprint density at radius 1 is 1.29 bits per heavy atom. The molecule has 0 radical (unpaired) electrons. The average Bonchev–Trinajstić information content (AvgIpc) is 2.45. The summed E-state index contributed by atoms with van der Waals surface area (Å²) in [5.41, 5.74) is 0.875. The largest absolute Gasteiger partial charge is 0.472 e. The zero-order chi connectivity index (χ0) is 15.7. The minimum absolute atomic E-state index is 0.152. The van der Waals surface area contributed by atoms with Crippen LogP contribution in [0.5, 0.6) is 0 Å². The van der Waals surface area contributed by atoms with E-state index in [-0.39, 0.29) is 13.1 Å². The molecule has 1 unspecified atom stereocenters. The van der Waals surface area contributed by atoms with Crippen molar-refractivity contribution in [1.29, 1.82) is 0 Å². The highest BCUT2D eigenvalue weighted by atomic mass is 16.5. The van der Waals surface area contributed by atoms with Crippen LogP contribution in [0.1, 0.15) is 5.56 Å². The fourth-order valence-electron chi connectivity index (χ4n) is 1.74.